The average molecular weight is 377 g/mol. The van der Waals surface area contributed by atoms with Gasteiger partial charge < -0.3 is 24.0 Å². The quantitative estimate of drug-likeness (QED) is 0.530. The number of anilines is 1. The molecule has 0 aliphatic carbocycles. The van der Waals surface area contributed by atoms with Gasteiger partial charge >= 0.3 is 0 Å². The number of benzene rings is 1. The molecule has 140 valence electrons. The summed E-state index contributed by atoms with van der Waals surface area (Å²) in [4.78, 5) is 25.0. The predicted molar refractivity (Wildman–Crippen MR) is 98.5 cm³/mol. The molecule has 8 nitrogen and oxygen atoms in total. The van der Waals surface area contributed by atoms with Crippen molar-refractivity contribution in [3.8, 4) is 11.5 Å². The van der Waals surface area contributed by atoms with Crippen LogP contribution in [0.5, 0.6) is 0 Å². The van der Waals surface area contributed by atoms with Crippen LogP contribution in [-0.2, 0) is 6.54 Å². The van der Waals surface area contributed by atoms with Crippen LogP contribution in [0.1, 0.15) is 26.6 Å². The highest BCUT2D eigenvalue weighted by atomic mass is 16.5. The molecule has 4 rings (SSSR count). The van der Waals surface area contributed by atoms with Gasteiger partial charge in [-0.25, -0.2) is 0 Å². The van der Waals surface area contributed by atoms with E-state index >= 15 is 0 Å². The Hall–Kier alpha value is -4.07. The zero-order valence-corrected chi connectivity index (χ0v) is 14.5. The number of nitrogens with zero attached hydrogens (tertiary/aromatic N) is 1. The number of carbonyl (C=O) groups is 2. The van der Waals surface area contributed by atoms with Gasteiger partial charge in [-0.2, -0.15) is 0 Å². The number of aromatic nitrogens is 1. The van der Waals surface area contributed by atoms with E-state index < -0.39 is 5.91 Å². The van der Waals surface area contributed by atoms with Crippen LogP contribution in [-0.4, -0.2) is 17.0 Å². The van der Waals surface area contributed by atoms with Gasteiger partial charge in [0.1, 0.15) is 5.76 Å². The zero-order valence-electron chi connectivity index (χ0n) is 14.5. The first-order chi connectivity index (χ1) is 13.7. The van der Waals surface area contributed by atoms with Gasteiger partial charge in [0.15, 0.2) is 11.5 Å². The van der Waals surface area contributed by atoms with Gasteiger partial charge in [0, 0.05) is 6.07 Å². The molecule has 0 atom stereocenters. The van der Waals surface area contributed by atoms with E-state index in [1.54, 1.807) is 48.5 Å². The first-order valence-corrected chi connectivity index (χ1v) is 8.42. The minimum atomic E-state index is -0.507. The van der Waals surface area contributed by atoms with E-state index in [0.717, 1.165) is 0 Å². The van der Waals surface area contributed by atoms with E-state index in [2.05, 4.69) is 15.8 Å². The van der Waals surface area contributed by atoms with E-state index in [0.29, 0.717) is 28.5 Å². The van der Waals surface area contributed by atoms with Gasteiger partial charge in [-0.1, -0.05) is 17.3 Å². The Bertz CT molecular complexity index is 1080. The molecule has 1 aromatic carbocycles. The monoisotopic (exact) mass is 377 g/mol. The first-order valence-electron chi connectivity index (χ1n) is 8.42. The summed E-state index contributed by atoms with van der Waals surface area (Å²) in [6, 6.07) is 15.0. The third-order valence-electron chi connectivity index (χ3n) is 3.93. The van der Waals surface area contributed by atoms with E-state index in [1.165, 1.54) is 18.6 Å². The van der Waals surface area contributed by atoms with Crippen LogP contribution in [0.4, 0.5) is 5.69 Å². The Morgan fingerprint density at radius 2 is 1.71 bits per heavy atom. The molecule has 0 unspecified atom stereocenters. The van der Waals surface area contributed by atoms with E-state index in [1.807, 2.05) is 0 Å². The molecule has 3 aromatic heterocycles. The zero-order chi connectivity index (χ0) is 19.3. The van der Waals surface area contributed by atoms with Gasteiger partial charge in [0.05, 0.1) is 30.3 Å². The topological polar surface area (TPSA) is 111 Å². The van der Waals surface area contributed by atoms with Crippen molar-refractivity contribution < 1.29 is 22.9 Å². The molecule has 0 saturated heterocycles. The molecule has 0 aliphatic rings. The Balaban J connectivity index is 1.47. The molecule has 3 heterocycles. The fourth-order valence-electron chi connectivity index (χ4n) is 2.57. The van der Waals surface area contributed by atoms with Crippen molar-refractivity contribution in [1.82, 2.24) is 10.5 Å². The summed E-state index contributed by atoms with van der Waals surface area (Å²) in [5.74, 6) is 0.573. The van der Waals surface area contributed by atoms with Gasteiger partial charge in [-0.3, -0.25) is 9.59 Å². The van der Waals surface area contributed by atoms with Crippen molar-refractivity contribution in [1.29, 1.82) is 0 Å². The first kappa shape index (κ1) is 17.3. The lowest BCUT2D eigenvalue weighted by atomic mass is 10.1. The number of para-hydroxylation sites is 1. The smallest absolute Gasteiger partial charge is 0.277 e. The number of nitrogens with one attached hydrogen (secondary N) is 2. The summed E-state index contributed by atoms with van der Waals surface area (Å²) in [6.45, 7) is 0.240. The van der Waals surface area contributed by atoms with Crippen LogP contribution in [0.3, 0.4) is 0 Å². The summed E-state index contributed by atoms with van der Waals surface area (Å²) in [6.07, 6.45) is 3.03. The van der Waals surface area contributed by atoms with E-state index in [-0.39, 0.29) is 18.1 Å². The summed E-state index contributed by atoms with van der Waals surface area (Å²) in [5, 5.41) is 9.18. The van der Waals surface area contributed by atoms with Gasteiger partial charge in [0.25, 0.3) is 11.8 Å². The van der Waals surface area contributed by atoms with Gasteiger partial charge in [-0.15, -0.1) is 0 Å². The van der Waals surface area contributed by atoms with Crippen LogP contribution in [0.2, 0.25) is 0 Å². The number of hydrogen-bond acceptors (Lipinski definition) is 6. The lowest BCUT2D eigenvalue weighted by Crippen LogP contribution is -2.24. The lowest BCUT2D eigenvalue weighted by molar-refractivity contribution is 0.0949. The predicted octanol–water partition coefficient (Wildman–Crippen LogP) is 3.71. The maximum absolute atomic E-state index is 12.5. The second-order valence-corrected chi connectivity index (χ2v) is 5.82. The van der Waals surface area contributed by atoms with Crippen molar-refractivity contribution in [2.24, 2.45) is 0 Å². The summed E-state index contributed by atoms with van der Waals surface area (Å²) in [5.41, 5.74) is 0.737. The van der Waals surface area contributed by atoms with Gasteiger partial charge in [0.2, 0.25) is 5.76 Å². The van der Waals surface area contributed by atoms with Crippen molar-refractivity contribution >= 4 is 17.5 Å². The molecule has 2 N–H and O–H groups in total. The van der Waals surface area contributed by atoms with Gasteiger partial charge in [-0.05, 0) is 36.4 Å². The Kier molecular flexibility index (Phi) is 4.75. The molecular formula is C20H15N3O5. The van der Waals surface area contributed by atoms with Crippen LogP contribution >= 0.6 is 0 Å². The molecule has 0 saturated carbocycles. The third kappa shape index (κ3) is 3.70. The van der Waals surface area contributed by atoms with E-state index in [4.69, 9.17) is 13.4 Å². The average Bonchev–Trinajstić information content (AvgIpc) is 3.48. The molecule has 0 aliphatic heterocycles. The molecule has 28 heavy (non-hydrogen) atoms. The van der Waals surface area contributed by atoms with Crippen LogP contribution in [0.25, 0.3) is 11.5 Å². The summed E-state index contributed by atoms with van der Waals surface area (Å²) < 4.78 is 15.5. The molecule has 0 radical (unpaired) electrons. The Labute approximate surface area is 159 Å². The maximum Gasteiger partial charge on any atom is 0.277 e. The number of hydrogen-bond donors (Lipinski definition) is 2. The minimum Gasteiger partial charge on any atom is -0.467 e. The molecule has 0 fully saturated rings. The van der Waals surface area contributed by atoms with Crippen LogP contribution in [0.15, 0.2) is 80.5 Å². The third-order valence-corrected chi connectivity index (χ3v) is 3.93. The van der Waals surface area contributed by atoms with Crippen molar-refractivity contribution in [2.75, 3.05) is 5.32 Å². The number of amides is 2. The number of rotatable bonds is 6. The van der Waals surface area contributed by atoms with Crippen LogP contribution in [0, 0.1) is 0 Å². The number of furan rings is 2. The number of carbonyl (C=O) groups excluding carboxylic acids is 2. The van der Waals surface area contributed by atoms with E-state index in [9.17, 15) is 9.59 Å². The highest BCUT2D eigenvalue weighted by Crippen LogP contribution is 2.22. The lowest BCUT2D eigenvalue weighted by Gasteiger charge is -2.10. The molecule has 8 heteroatoms. The van der Waals surface area contributed by atoms with Crippen molar-refractivity contribution in [3.05, 3.63) is 84.1 Å². The van der Waals surface area contributed by atoms with Crippen LogP contribution < -0.4 is 10.6 Å². The minimum absolute atomic E-state index is 0.0668. The fraction of sp³-hybridized carbons (Fsp3) is 0.0500. The highest BCUT2D eigenvalue weighted by Gasteiger charge is 2.18. The molecule has 0 spiro atoms. The summed E-state index contributed by atoms with van der Waals surface area (Å²) >= 11 is 0. The van der Waals surface area contributed by atoms with Crippen molar-refractivity contribution in [2.45, 2.75) is 6.54 Å². The molecular weight excluding hydrogens is 362 g/mol. The highest BCUT2D eigenvalue weighted by molar-refractivity contribution is 6.08. The molecule has 2 amide bonds. The fourth-order valence-corrected chi connectivity index (χ4v) is 2.57. The SMILES string of the molecule is O=C(Nc1ccccc1C(=O)NCc1ccco1)c1cc(-c2ccco2)on1. The normalized spacial score (nSPS) is 10.6. The second-order valence-electron chi connectivity index (χ2n) is 5.82. The molecule has 4 aromatic rings. The maximum atomic E-state index is 12.5. The van der Waals surface area contributed by atoms with Crippen molar-refractivity contribution in [3.63, 3.8) is 0 Å². The molecule has 0 bridgehead atoms. The summed E-state index contributed by atoms with van der Waals surface area (Å²) in [7, 11) is 0. The second kappa shape index (κ2) is 7.67. The standard InChI is InChI=1S/C20H15N3O5/c24-19(21-12-13-5-3-9-26-13)14-6-1-2-7-15(14)22-20(25)16-11-18(28-23-16)17-8-4-10-27-17/h1-11H,12H2,(H,21,24)(H,22,25). The Morgan fingerprint density at radius 1 is 0.893 bits per heavy atom. The Morgan fingerprint density at radius 3 is 2.50 bits per heavy atom. The largest absolute Gasteiger partial charge is 0.467 e.